The molecule has 0 saturated carbocycles. The molecule has 2 rings (SSSR count). The molecule has 12 heavy (non-hydrogen) atoms. The molecule has 60 valence electrons. The van der Waals surface area contributed by atoms with Crippen LogP contribution in [0.2, 0.25) is 0 Å². The number of rotatable bonds is 1. The first kappa shape index (κ1) is 7.37. The molecule has 0 aliphatic carbocycles. The molecule has 5 heteroatoms. The van der Waals surface area contributed by atoms with Gasteiger partial charge in [-0.15, -0.1) is 4.91 Å². The zero-order chi connectivity index (χ0) is 8.55. The van der Waals surface area contributed by atoms with Crippen LogP contribution in [0, 0.1) is 4.91 Å². The Balaban J connectivity index is 2.74. The molecule has 2 aromatic rings. The van der Waals surface area contributed by atoms with Crippen LogP contribution in [-0.2, 0) is 0 Å². The van der Waals surface area contributed by atoms with Crippen LogP contribution in [0.3, 0.4) is 0 Å². The van der Waals surface area contributed by atoms with Gasteiger partial charge in [0.25, 0.3) is 0 Å². The molecule has 0 N–H and O–H groups in total. The summed E-state index contributed by atoms with van der Waals surface area (Å²) in [4.78, 5) is 10.2. The Labute approximate surface area is 70.8 Å². The molecule has 0 aliphatic heterocycles. The third kappa shape index (κ3) is 1.10. The van der Waals surface area contributed by atoms with Crippen molar-refractivity contribution in [2.45, 2.75) is 0 Å². The summed E-state index contributed by atoms with van der Waals surface area (Å²) in [5.41, 5.74) is 1.29. The van der Waals surface area contributed by atoms with Crippen molar-refractivity contribution in [1.29, 1.82) is 0 Å². The molecule has 0 spiro atoms. The predicted molar refractivity (Wildman–Crippen MR) is 50.3 cm³/mol. The molecular weight excluding hydrogens is 173 g/mol. The van der Waals surface area contributed by atoms with Gasteiger partial charge in [0.1, 0.15) is 5.69 Å². The number of nitrogens with zero attached hydrogens (tertiary/aromatic N) is 3. The molecule has 1 aromatic carbocycles. The van der Waals surface area contributed by atoms with Crippen molar-refractivity contribution >= 4 is 26.0 Å². The molecule has 1 heterocycles. The Morgan fingerprint density at radius 3 is 3.08 bits per heavy atom. The maximum absolute atomic E-state index is 10.2. The number of nitroso groups, excluding NO2 is 1. The van der Waals surface area contributed by atoms with Gasteiger partial charge in [0, 0.05) is 11.6 Å². The maximum Gasteiger partial charge on any atom is 0.108 e. The highest BCUT2D eigenvalue weighted by Gasteiger charge is 1.99. The minimum absolute atomic E-state index is 0.431. The Morgan fingerprint density at radius 1 is 1.50 bits per heavy atom. The Kier molecular flexibility index (Phi) is 1.62. The van der Waals surface area contributed by atoms with Crippen LogP contribution in [0.15, 0.2) is 29.6 Å². The fourth-order valence-corrected chi connectivity index (χ4v) is 1.37. The van der Waals surface area contributed by atoms with Crippen LogP contribution in [0.1, 0.15) is 0 Å². The minimum Gasteiger partial charge on any atom is -0.257 e. The number of aromatic nitrogens is 2. The van der Waals surface area contributed by atoms with E-state index in [9.17, 15) is 4.91 Å². The summed E-state index contributed by atoms with van der Waals surface area (Å²) in [7, 11) is 2.43. The highest BCUT2D eigenvalue weighted by molar-refractivity contribution is 7.14. The smallest absolute Gasteiger partial charge is 0.108 e. The second-order valence-corrected chi connectivity index (χ2v) is 2.97. The molecule has 0 fully saturated rings. The molecule has 0 radical (unpaired) electrons. The zero-order valence-electron chi connectivity index (χ0n) is 6.14. The van der Waals surface area contributed by atoms with Gasteiger partial charge in [-0.3, -0.25) is 4.45 Å². The highest BCUT2D eigenvalue weighted by Crippen LogP contribution is 2.20. The Hall–Kier alpha value is -1.28. The predicted octanol–water partition coefficient (Wildman–Crippen LogP) is 2.07. The molecule has 0 aliphatic rings. The van der Waals surface area contributed by atoms with E-state index < -0.39 is 0 Å². The van der Waals surface area contributed by atoms with Crippen molar-refractivity contribution in [1.82, 2.24) is 9.55 Å². The van der Waals surface area contributed by atoms with E-state index >= 15 is 0 Å². The van der Waals surface area contributed by atoms with Gasteiger partial charge in [0.15, 0.2) is 0 Å². The van der Waals surface area contributed by atoms with Crippen LogP contribution in [0.5, 0.6) is 0 Å². The first-order valence-corrected chi connectivity index (χ1v) is 3.89. The summed E-state index contributed by atoms with van der Waals surface area (Å²) in [6.07, 6.45) is 1.81. The third-order valence-corrected chi connectivity index (χ3v) is 1.88. The van der Waals surface area contributed by atoms with Crippen molar-refractivity contribution in [3.05, 3.63) is 29.3 Å². The molecule has 0 saturated heterocycles. The van der Waals surface area contributed by atoms with E-state index in [2.05, 4.69) is 19.7 Å². The van der Waals surface area contributed by atoms with Crippen molar-refractivity contribution in [3.63, 3.8) is 0 Å². The monoisotopic (exact) mass is 179 g/mol. The van der Waals surface area contributed by atoms with Crippen LogP contribution < -0.4 is 0 Å². The number of hydrogen-bond acceptors (Lipinski definition) is 3. The van der Waals surface area contributed by atoms with E-state index in [1.54, 1.807) is 22.7 Å². The largest absolute Gasteiger partial charge is 0.257 e. The molecular formula is C7H6N3OP. The van der Waals surface area contributed by atoms with Gasteiger partial charge in [-0.1, -0.05) is 0 Å². The highest BCUT2D eigenvalue weighted by atomic mass is 31.0. The van der Waals surface area contributed by atoms with E-state index in [1.807, 2.05) is 6.20 Å². The SMILES string of the molecule is O=Nc1ccc2nn(P)cc2c1. The molecule has 1 atom stereocenters. The van der Waals surface area contributed by atoms with Crippen molar-refractivity contribution in [2.24, 2.45) is 5.18 Å². The first-order chi connectivity index (χ1) is 5.79. The van der Waals surface area contributed by atoms with Gasteiger partial charge in [0.2, 0.25) is 0 Å². The lowest BCUT2D eigenvalue weighted by atomic mass is 10.2. The van der Waals surface area contributed by atoms with Crippen LogP contribution in [-0.4, -0.2) is 9.55 Å². The van der Waals surface area contributed by atoms with Crippen molar-refractivity contribution < 1.29 is 0 Å². The molecule has 4 nitrogen and oxygen atoms in total. The fourth-order valence-electron chi connectivity index (χ4n) is 1.09. The second kappa shape index (κ2) is 2.64. The van der Waals surface area contributed by atoms with E-state index in [1.165, 1.54) is 0 Å². The van der Waals surface area contributed by atoms with Gasteiger partial charge in [-0.05, 0) is 32.8 Å². The standard InChI is InChI=1S/C7H6N3OP/c11-9-6-1-2-7-5(3-6)4-10(12)8-7/h1-4H,12H2. The third-order valence-electron chi connectivity index (χ3n) is 1.61. The van der Waals surface area contributed by atoms with E-state index in [4.69, 9.17) is 0 Å². The maximum atomic E-state index is 10.2. The average molecular weight is 179 g/mol. The fraction of sp³-hybridized carbons (Fsp3) is 0. The quantitative estimate of drug-likeness (QED) is 0.497. The van der Waals surface area contributed by atoms with Gasteiger partial charge in [-0.25, -0.2) is 0 Å². The van der Waals surface area contributed by atoms with E-state index in [0.717, 1.165) is 10.9 Å². The first-order valence-electron chi connectivity index (χ1n) is 3.37. The lowest BCUT2D eigenvalue weighted by Crippen LogP contribution is -1.74. The number of benzene rings is 1. The summed E-state index contributed by atoms with van der Waals surface area (Å²) >= 11 is 0. The summed E-state index contributed by atoms with van der Waals surface area (Å²) in [6, 6.07) is 5.12. The van der Waals surface area contributed by atoms with E-state index in [0.29, 0.717) is 5.69 Å². The van der Waals surface area contributed by atoms with Gasteiger partial charge in [0.05, 0.1) is 5.52 Å². The number of hydrogen-bond donors (Lipinski definition) is 0. The van der Waals surface area contributed by atoms with Crippen LogP contribution in [0.4, 0.5) is 5.69 Å². The average Bonchev–Trinajstić information content (AvgIpc) is 2.43. The zero-order valence-corrected chi connectivity index (χ0v) is 7.29. The lowest BCUT2D eigenvalue weighted by Gasteiger charge is -1.86. The van der Waals surface area contributed by atoms with Gasteiger partial charge < -0.3 is 0 Å². The topological polar surface area (TPSA) is 47.2 Å². The molecule has 1 unspecified atom stereocenters. The summed E-state index contributed by atoms with van der Waals surface area (Å²) < 4.78 is 1.62. The Morgan fingerprint density at radius 2 is 2.33 bits per heavy atom. The van der Waals surface area contributed by atoms with Crippen molar-refractivity contribution in [3.8, 4) is 0 Å². The molecule has 1 aromatic heterocycles. The number of fused-ring (bicyclic) bond motifs is 1. The summed E-state index contributed by atoms with van der Waals surface area (Å²) in [6.45, 7) is 0. The Bertz CT molecular complexity index is 437. The second-order valence-electron chi connectivity index (χ2n) is 2.44. The summed E-state index contributed by atoms with van der Waals surface area (Å²) in [5.74, 6) is 0. The van der Waals surface area contributed by atoms with Crippen molar-refractivity contribution in [2.75, 3.05) is 0 Å². The van der Waals surface area contributed by atoms with Gasteiger partial charge >= 0.3 is 0 Å². The lowest BCUT2D eigenvalue weighted by molar-refractivity contribution is 1.04. The molecule has 0 bridgehead atoms. The van der Waals surface area contributed by atoms with Crippen LogP contribution in [0.25, 0.3) is 10.9 Å². The molecule has 0 amide bonds. The minimum atomic E-state index is 0.431. The van der Waals surface area contributed by atoms with Crippen LogP contribution >= 0.6 is 9.39 Å². The normalized spacial score (nSPS) is 10.4. The van der Waals surface area contributed by atoms with Gasteiger partial charge in [-0.2, -0.15) is 5.10 Å². The van der Waals surface area contributed by atoms with E-state index in [-0.39, 0.29) is 0 Å². The summed E-state index contributed by atoms with van der Waals surface area (Å²) in [5, 5.41) is 7.88.